The Morgan fingerprint density at radius 2 is 1.90 bits per heavy atom. The van der Waals surface area contributed by atoms with Crippen molar-refractivity contribution >= 4 is 39.0 Å². The molecule has 1 aromatic heterocycles. The Labute approximate surface area is 131 Å². The first-order valence-electron chi connectivity index (χ1n) is 5.51. The van der Waals surface area contributed by atoms with E-state index in [4.69, 9.17) is 16.3 Å². The zero-order valence-corrected chi connectivity index (χ0v) is 12.8. The number of anilines is 2. The number of hydrogen-bond donors (Lipinski definition) is 1. The lowest BCUT2D eigenvalue weighted by Gasteiger charge is -2.11. The summed E-state index contributed by atoms with van der Waals surface area (Å²) < 4.78 is 43.8. The van der Waals surface area contributed by atoms with Crippen molar-refractivity contribution in [3.05, 3.63) is 39.7 Å². The van der Waals surface area contributed by atoms with Gasteiger partial charge in [-0.2, -0.15) is 13.2 Å². The van der Waals surface area contributed by atoms with E-state index in [1.807, 2.05) is 0 Å². The number of methoxy groups -OCH3 is 1. The van der Waals surface area contributed by atoms with E-state index in [-0.39, 0.29) is 5.82 Å². The zero-order valence-electron chi connectivity index (χ0n) is 10.5. The van der Waals surface area contributed by atoms with Crippen LogP contribution in [0.5, 0.6) is 5.75 Å². The third-order valence-corrected chi connectivity index (χ3v) is 3.00. The molecule has 2 aromatic rings. The molecule has 0 aliphatic heterocycles. The smallest absolute Gasteiger partial charge is 0.433 e. The predicted octanol–water partition coefficient (Wildman–Crippen LogP) is 4.66. The number of nitrogens with one attached hydrogen (secondary N) is 1. The Hall–Kier alpha value is -1.54. The summed E-state index contributed by atoms with van der Waals surface area (Å²) in [5.41, 5.74) is -0.629. The summed E-state index contributed by atoms with van der Waals surface area (Å²) in [5.74, 6) is 0.463. The number of rotatable bonds is 3. The zero-order chi connectivity index (χ0) is 15.6. The van der Waals surface area contributed by atoms with Gasteiger partial charge in [-0.25, -0.2) is 9.97 Å². The van der Waals surface area contributed by atoms with Crippen LogP contribution in [0.4, 0.5) is 24.7 Å². The van der Waals surface area contributed by atoms with E-state index < -0.39 is 17.2 Å². The molecule has 0 spiro atoms. The topological polar surface area (TPSA) is 47.0 Å². The van der Waals surface area contributed by atoms with Gasteiger partial charge >= 0.3 is 6.18 Å². The van der Waals surface area contributed by atoms with Crippen LogP contribution in [0, 0.1) is 0 Å². The molecule has 9 heteroatoms. The standard InChI is InChI=1S/C12H8BrClF3N3O/c1-21-8-3-6(13)2-7(4-8)18-10-5-9(12(15,16)17)19-11(14)20-10/h2-5H,1H3,(H,18,19,20). The maximum atomic E-state index is 12.7. The molecule has 0 unspecified atom stereocenters. The van der Waals surface area contributed by atoms with Gasteiger partial charge in [0.05, 0.1) is 7.11 Å². The summed E-state index contributed by atoms with van der Waals surface area (Å²) in [6, 6.07) is 5.75. The minimum atomic E-state index is -4.60. The quantitative estimate of drug-likeness (QED) is 0.784. The van der Waals surface area contributed by atoms with Gasteiger partial charge in [0.1, 0.15) is 11.6 Å². The van der Waals surface area contributed by atoms with E-state index in [0.29, 0.717) is 15.9 Å². The largest absolute Gasteiger partial charge is 0.497 e. The maximum absolute atomic E-state index is 12.7. The number of alkyl halides is 3. The molecule has 112 valence electrons. The van der Waals surface area contributed by atoms with Gasteiger partial charge in [0.25, 0.3) is 0 Å². The molecule has 2 rings (SSSR count). The number of halogens is 5. The highest BCUT2D eigenvalue weighted by Crippen LogP contribution is 2.31. The van der Waals surface area contributed by atoms with Gasteiger partial charge in [-0.1, -0.05) is 15.9 Å². The van der Waals surface area contributed by atoms with Crippen LogP contribution < -0.4 is 10.1 Å². The lowest BCUT2D eigenvalue weighted by Crippen LogP contribution is -2.10. The van der Waals surface area contributed by atoms with Gasteiger partial charge in [-0.05, 0) is 23.7 Å². The van der Waals surface area contributed by atoms with E-state index in [0.717, 1.165) is 6.07 Å². The van der Waals surface area contributed by atoms with Crippen molar-refractivity contribution in [2.24, 2.45) is 0 Å². The van der Waals surface area contributed by atoms with Gasteiger partial charge < -0.3 is 10.1 Å². The number of hydrogen-bond acceptors (Lipinski definition) is 4. The second-order valence-corrected chi connectivity index (χ2v) is 5.16. The highest BCUT2D eigenvalue weighted by Gasteiger charge is 2.33. The molecule has 1 N–H and O–H groups in total. The van der Waals surface area contributed by atoms with Crippen LogP contribution in [0.2, 0.25) is 5.28 Å². The first kappa shape index (κ1) is 15.8. The van der Waals surface area contributed by atoms with E-state index in [2.05, 4.69) is 31.2 Å². The molecule has 4 nitrogen and oxygen atoms in total. The van der Waals surface area contributed by atoms with Gasteiger partial charge in [0.15, 0.2) is 5.69 Å². The Morgan fingerprint density at radius 1 is 1.19 bits per heavy atom. The average molecular weight is 383 g/mol. The van der Waals surface area contributed by atoms with Crippen LogP contribution in [0.1, 0.15) is 5.69 Å². The minimum absolute atomic E-state index is 0.0671. The fourth-order valence-corrected chi connectivity index (χ4v) is 2.18. The molecular formula is C12H8BrClF3N3O. The molecule has 0 bridgehead atoms. The molecule has 21 heavy (non-hydrogen) atoms. The molecule has 0 atom stereocenters. The van der Waals surface area contributed by atoms with Crippen molar-refractivity contribution in [3.8, 4) is 5.75 Å². The Morgan fingerprint density at radius 3 is 2.52 bits per heavy atom. The van der Waals surface area contributed by atoms with E-state index in [1.54, 1.807) is 18.2 Å². The average Bonchev–Trinajstić information content (AvgIpc) is 2.36. The first-order chi connectivity index (χ1) is 9.77. The normalized spacial score (nSPS) is 11.3. The van der Waals surface area contributed by atoms with Crippen LogP contribution in [0.3, 0.4) is 0 Å². The summed E-state index contributed by atoms with van der Waals surface area (Å²) in [7, 11) is 1.48. The summed E-state index contributed by atoms with van der Waals surface area (Å²) in [5, 5.41) is 2.24. The van der Waals surface area contributed by atoms with Gasteiger partial charge in [-0.15, -0.1) is 0 Å². The van der Waals surface area contributed by atoms with Crippen molar-refractivity contribution < 1.29 is 17.9 Å². The summed E-state index contributed by atoms with van der Waals surface area (Å²) in [6.45, 7) is 0. The summed E-state index contributed by atoms with van der Waals surface area (Å²) in [4.78, 5) is 6.87. The monoisotopic (exact) mass is 381 g/mol. The molecule has 1 aromatic carbocycles. The Bertz CT molecular complexity index is 667. The first-order valence-corrected chi connectivity index (χ1v) is 6.68. The predicted molar refractivity (Wildman–Crippen MR) is 76.0 cm³/mol. The second-order valence-electron chi connectivity index (χ2n) is 3.91. The molecule has 1 heterocycles. The van der Waals surface area contributed by atoms with Crippen LogP contribution in [0.15, 0.2) is 28.7 Å². The van der Waals surface area contributed by atoms with Gasteiger partial charge in [-0.3, -0.25) is 0 Å². The maximum Gasteiger partial charge on any atom is 0.433 e. The highest BCUT2D eigenvalue weighted by molar-refractivity contribution is 9.10. The van der Waals surface area contributed by atoms with Crippen molar-refractivity contribution in [1.29, 1.82) is 0 Å². The SMILES string of the molecule is COc1cc(Br)cc(Nc2cc(C(F)(F)F)nc(Cl)n2)c1. The fraction of sp³-hybridized carbons (Fsp3) is 0.167. The van der Waals surface area contributed by atoms with E-state index >= 15 is 0 Å². The highest BCUT2D eigenvalue weighted by atomic mass is 79.9. The number of aromatic nitrogens is 2. The fourth-order valence-electron chi connectivity index (χ4n) is 1.53. The van der Waals surface area contributed by atoms with Crippen molar-refractivity contribution in [3.63, 3.8) is 0 Å². The van der Waals surface area contributed by atoms with Crippen LogP contribution in [-0.4, -0.2) is 17.1 Å². The second kappa shape index (κ2) is 6.07. The molecule has 0 saturated heterocycles. The van der Waals surface area contributed by atoms with Crippen LogP contribution in [-0.2, 0) is 6.18 Å². The number of nitrogens with zero attached hydrogens (tertiary/aromatic N) is 2. The van der Waals surface area contributed by atoms with Crippen LogP contribution >= 0.6 is 27.5 Å². The van der Waals surface area contributed by atoms with Crippen LogP contribution in [0.25, 0.3) is 0 Å². The third-order valence-electron chi connectivity index (χ3n) is 2.37. The molecule has 0 saturated carbocycles. The van der Waals surface area contributed by atoms with Crippen molar-refractivity contribution in [1.82, 2.24) is 9.97 Å². The van der Waals surface area contributed by atoms with Gasteiger partial charge in [0, 0.05) is 22.3 Å². The van der Waals surface area contributed by atoms with E-state index in [9.17, 15) is 13.2 Å². The summed E-state index contributed by atoms with van der Waals surface area (Å²) >= 11 is 8.78. The third kappa shape index (κ3) is 4.21. The molecule has 0 aliphatic rings. The van der Waals surface area contributed by atoms with Crippen molar-refractivity contribution in [2.45, 2.75) is 6.18 Å². The Balaban J connectivity index is 2.35. The lowest BCUT2D eigenvalue weighted by molar-refractivity contribution is -0.141. The lowest BCUT2D eigenvalue weighted by atomic mass is 10.3. The van der Waals surface area contributed by atoms with E-state index in [1.165, 1.54) is 7.11 Å². The summed E-state index contributed by atoms with van der Waals surface area (Å²) in [6.07, 6.45) is -4.60. The minimum Gasteiger partial charge on any atom is -0.497 e. The Kier molecular flexibility index (Phi) is 4.58. The molecule has 0 aliphatic carbocycles. The molecule has 0 radical (unpaired) electrons. The van der Waals surface area contributed by atoms with Crippen molar-refractivity contribution in [2.75, 3.05) is 12.4 Å². The molecular weight excluding hydrogens is 375 g/mol. The molecule has 0 amide bonds. The van der Waals surface area contributed by atoms with Gasteiger partial charge in [0.2, 0.25) is 5.28 Å². The number of ether oxygens (including phenoxy) is 1. The number of benzene rings is 1. The molecule has 0 fully saturated rings.